The minimum atomic E-state index is -1.25. The van der Waals surface area contributed by atoms with Crippen LogP contribution in [0.5, 0.6) is 0 Å². The van der Waals surface area contributed by atoms with Gasteiger partial charge in [0, 0.05) is 11.4 Å². The maximum atomic E-state index is 12.1. The number of carboxylic acid groups (broad SMARTS) is 1. The largest absolute Gasteiger partial charge is 0.598 e. The molecule has 1 saturated carbocycles. The first-order chi connectivity index (χ1) is 8.08. The summed E-state index contributed by atoms with van der Waals surface area (Å²) in [6.45, 7) is 11.3. The van der Waals surface area contributed by atoms with E-state index in [4.69, 9.17) is 5.11 Å². The summed E-state index contributed by atoms with van der Waals surface area (Å²) < 4.78 is 14.7. The summed E-state index contributed by atoms with van der Waals surface area (Å²) >= 11 is -1.25. The predicted molar refractivity (Wildman–Crippen MR) is 72.8 cm³/mol. The van der Waals surface area contributed by atoms with Crippen molar-refractivity contribution in [1.29, 1.82) is 0 Å². The van der Waals surface area contributed by atoms with Gasteiger partial charge in [-0.3, -0.25) is 0 Å². The number of nitrogens with one attached hydrogen (secondary N) is 2. The Hall–Kier alpha value is -0.720. The molecule has 0 heterocycles. The fourth-order valence-electron chi connectivity index (χ4n) is 1.80. The van der Waals surface area contributed by atoms with Gasteiger partial charge in [-0.1, -0.05) is 12.2 Å². The maximum Gasteiger partial charge on any atom is 0.405 e. The minimum Gasteiger partial charge on any atom is -0.598 e. The van der Waals surface area contributed by atoms with Gasteiger partial charge in [0.15, 0.2) is 0 Å². The molecule has 0 aromatic heterocycles. The Morgan fingerprint density at radius 2 is 2.00 bits per heavy atom. The molecule has 1 amide bonds. The summed E-state index contributed by atoms with van der Waals surface area (Å²) in [7, 11) is 0. The van der Waals surface area contributed by atoms with Crippen molar-refractivity contribution in [1.82, 2.24) is 10.0 Å². The molecule has 0 aliphatic heterocycles. The molecule has 0 radical (unpaired) electrons. The molecular weight excluding hydrogens is 252 g/mol. The average Bonchev–Trinajstić information content (AvgIpc) is 2.91. The third-order valence-electron chi connectivity index (χ3n) is 2.97. The molecule has 6 heteroatoms. The van der Waals surface area contributed by atoms with Gasteiger partial charge >= 0.3 is 6.09 Å². The third kappa shape index (κ3) is 3.63. The monoisotopic (exact) mass is 274 g/mol. The number of rotatable bonds is 5. The molecule has 0 aromatic rings. The van der Waals surface area contributed by atoms with Gasteiger partial charge in [0.25, 0.3) is 0 Å². The van der Waals surface area contributed by atoms with Crippen LogP contribution in [0.15, 0.2) is 12.2 Å². The van der Waals surface area contributed by atoms with Crippen LogP contribution in [-0.4, -0.2) is 32.1 Å². The van der Waals surface area contributed by atoms with Crippen molar-refractivity contribution >= 4 is 17.5 Å². The van der Waals surface area contributed by atoms with Gasteiger partial charge in [0.05, 0.1) is 11.6 Å². The molecule has 1 aliphatic rings. The highest BCUT2D eigenvalue weighted by atomic mass is 32.2. The first-order valence-corrected chi connectivity index (χ1v) is 7.08. The molecule has 18 heavy (non-hydrogen) atoms. The van der Waals surface area contributed by atoms with Crippen molar-refractivity contribution in [2.75, 3.05) is 0 Å². The normalized spacial score (nSPS) is 20.9. The molecule has 1 aliphatic carbocycles. The van der Waals surface area contributed by atoms with Gasteiger partial charge in [-0.2, -0.15) is 0 Å². The van der Waals surface area contributed by atoms with Crippen LogP contribution >= 0.6 is 0 Å². The average molecular weight is 274 g/mol. The molecule has 5 nitrogen and oxygen atoms in total. The fourth-order valence-corrected chi connectivity index (χ4v) is 2.80. The van der Waals surface area contributed by atoms with Crippen LogP contribution in [0, 0.1) is 0 Å². The van der Waals surface area contributed by atoms with Gasteiger partial charge in [-0.15, -0.1) is 4.72 Å². The Morgan fingerprint density at radius 1 is 1.50 bits per heavy atom. The third-order valence-corrected chi connectivity index (χ3v) is 4.53. The zero-order valence-corrected chi connectivity index (χ0v) is 12.2. The second-order valence-corrected chi connectivity index (χ2v) is 7.86. The number of carbonyl (C=O) groups is 1. The van der Waals surface area contributed by atoms with Gasteiger partial charge in [-0.25, -0.2) is 4.79 Å². The molecule has 3 N–H and O–H groups in total. The van der Waals surface area contributed by atoms with E-state index in [1.165, 1.54) is 0 Å². The van der Waals surface area contributed by atoms with E-state index in [-0.39, 0.29) is 6.04 Å². The highest BCUT2D eigenvalue weighted by Gasteiger charge is 2.53. The standard InChI is InChI=1S/C12H22N2O3S/c1-8(2)9(14-18(17)11(3,4)5)12(6-7-12)13-10(15)16/h9,13-14H,1,6-7H2,2-5H3,(H,15,16)/t9-,18-/m1/s1. The fraction of sp³-hybridized carbons (Fsp3) is 0.750. The van der Waals surface area contributed by atoms with Crippen LogP contribution in [-0.2, 0) is 11.4 Å². The van der Waals surface area contributed by atoms with Crippen molar-refractivity contribution in [2.24, 2.45) is 0 Å². The molecule has 0 saturated heterocycles. The van der Waals surface area contributed by atoms with Crippen LogP contribution in [0.3, 0.4) is 0 Å². The molecule has 1 fully saturated rings. The van der Waals surface area contributed by atoms with E-state index in [1.54, 1.807) is 0 Å². The minimum absolute atomic E-state index is 0.298. The van der Waals surface area contributed by atoms with E-state index in [0.29, 0.717) is 0 Å². The highest BCUT2D eigenvalue weighted by molar-refractivity contribution is 7.90. The molecule has 0 spiro atoms. The van der Waals surface area contributed by atoms with Gasteiger partial charge in [0.2, 0.25) is 0 Å². The second-order valence-electron chi connectivity index (χ2n) is 5.86. The lowest BCUT2D eigenvalue weighted by molar-refractivity contribution is 0.186. The highest BCUT2D eigenvalue weighted by Crippen LogP contribution is 2.41. The first kappa shape index (κ1) is 15.3. The molecule has 2 atom stereocenters. The molecule has 0 bridgehead atoms. The Morgan fingerprint density at radius 3 is 2.28 bits per heavy atom. The lowest BCUT2D eigenvalue weighted by Gasteiger charge is -2.32. The maximum absolute atomic E-state index is 12.1. The summed E-state index contributed by atoms with van der Waals surface area (Å²) in [5.41, 5.74) is 0.248. The first-order valence-electron chi connectivity index (χ1n) is 5.93. The van der Waals surface area contributed by atoms with E-state index < -0.39 is 27.7 Å². The van der Waals surface area contributed by atoms with E-state index in [2.05, 4.69) is 16.6 Å². The Balaban J connectivity index is 2.79. The van der Waals surface area contributed by atoms with E-state index in [0.717, 1.165) is 18.4 Å². The predicted octanol–water partition coefficient (Wildman–Crippen LogP) is 1.78. The number of hydrogen-bond donors (Lipinski definition) is 3. The van der Waals surface area contributed by atoms with Crippen LogP contribution in [0.4, 0.5) is 4.79 Å². The number of amides is 1. The number of hydrogen-bond acceptors (Lipinski definition) is 3. The zero-order chi connectivity index (χ0) is 14.1. The second kappa shape index (κ2) is 5.11. The summed E-state index contributed by atoms with van der Waals surface area (Å²) in [6, 6.07) is -0.298. The van der Waals surface area contributed by atoms with Gasteiger partial charge in [-0.05, 0) is 40.5 Å². The molecule has 1 rings (SSSR count). The lowest BCUT2D eigenvalue weighted by atomic mass is 10.0. The van der Waals surface area contributed by atoms with Crippen LogP contribution < -0.4 is 10.0 Å². The van der Waals surface area contributed by atoms with E-state index in [1.807, 2.05) is 27.7 Å². The summed E-state index contributed by atoms with van der Waals surface area (Å²) in [4.78, 5) is 10.8. The lowest BCUT2D eigenvalue weighted by Crippen LogP contribution is -2.56. The molecule has 0 unspecified atom stereocenters. The van der Waals surface area contributed by atoms with Crippen molar-refractivity contribution < 1.29 is 14.5 Å². The van der Waals surface area contributed by atoms with Gasteiger partial charge in [0.1, 0.15) is 4.75 Å². The van der Waals surface area contributed by atoms with Crippen molar-refractivity contribution in [3.8, 4) is 0 Å². The topological polar surface area (TPSA) is 84.4 Å². The van der Waals surface area contributed by atoms with Crippen molar-refractivity contribution in [2.45, 2.75) is 56.9 Å². The quantitative estimate of drug-likeness (QED) is 0.527. The molecular formula is C12H22N2O3S. The van der Waals surface area contributed by atoms with Crippen molar-refractivity contribution in [3.63, 3.8) is 0 Å². The van der Waals surface area contributed by atoms with Gasteiger partial charge < -0.3 is 15.0 Å². The summed E-state index contributed by atoms with van der Waals surface area (Å²) in [6.07, 6.45) is 0.429. The smallest absolute Gasteiger partial charge is 0.405 e. The molecule has 104 valence electrons. The zero-order valence-electron chi connectivity index (χ0n) is 11.4. The van der Waals surface area contributed by atoms with E-state index >= 15 is 0 Å². The Labute approximate surface area is 111 Å². The summed E-state index contributed by atoms with van der Waals surface area (Å²) in [5.74, 6) is 0. The van der Waals surface area contributed by atoms with Crippen LogP contribution in [0.2, 0.25) is 0 Å². The van der Waals surface area contributed by atoms with Crippen LogP contribution in [0.1, 0.15) is 40.5 Å². The Bertz CT molecular complexity index is 348. The van der Waals surface area contributed by atoms with E-state index in [9.17, 15) is 9.35 Å². The van der Waals surface area contributed by atoms with Crippen LogP contribution in [0.25, 0.3) is 0 Å². The summed E-state index contributed by atoms with van der Waals surface area (Å²) in [5, 5.41) is 11.4. The SMILES string of the molecule is C=C(C)[C@@H](N[S@+]([O-])C(C)(C)C)C1(NC(=O)O)CC1. The Kier molecular flexibility index (Phi) is 4.35. The molecule has 0 aromatic carbocycles. The van der Waals surface area contributed by atoms with Crippen molar-refractivity contribution in [3.05, 3.63) is 12.2 Å².